The number of pyridine rings is 1. The molecule has 0 saturated heterocycles. The molecule has 1 nitrogen and oxygen atoms in total. The largest absolute Gasteiger partial charge is 0.256 e. The fourth-order valence-corrected chi connectivity index (χ4v) is 9.75. The fraction of sp³-hybridized carbons (Fsp3) is 0.0577. The Hall–Kier alpha value is -6.35. The fourth-order valence-electron chi connectivity index (χ4n) is 8.52. The molecule has 0 amide bonds. The summed E-state index contributed by atoms with van der Waals surface area (Å²) >= 11 is 1.89. The summed E-state index contributed by atoms with van der Waals surface area (Å²) in [5, 5.41) is 7.71. The van der Waals surface area contributed by atoms with Crippen LogP contribution in [0.25, 0.3) is 86.4 Å². The van der Waals surface area contributed by atoms with Crippen molar-refractivity contribution in [1.29, 1.82) is 0 Å². The molecule has 0 bridgehead atoms. The van der Waals surface area contributed by atoms with Crippen molar-refractivity contribution in [2.24, 2.45) is 0 Å². The van der Waals surface area contributed by atoms with Gasteiger partial charge in [-0.2, -0.15) is 0 Å². The zero-order valence-corrected chi connectivity index (χ0v) is 31.1. The molecule has 0 aliphatic heterocycles. The Bertz CT molecular complexity index is 2990. The number of fused-ring (bicyclic) bond motifs is 5. The van der Waals surface area contributed by atoms with E-state index in [4.69, 9.17) is 0 Å². The van der Waals surface area contributed by atoms with E-state index in [1.807, 2.05) is 29.7 Å². The van der Waals surface area contributed by atoms with Gasteiger partial charge in [0.1, 0.15) is 0 Å². The van der Waals surface area contributed by atoms with Gasteiger partial charge in [0.25, 0.3) is 0 Å². The predicted octanol–water partition coefficient (Wildman–Crippen LogP) is 14.9. The molecule has 1 unspecified atom stereocenters. The topological polar surface area (TPSA) is 12.9 Å². The maximum atomic E-state index is 4.62. The Morgan fingerprint density at radius 3 is 1.87 bits per heavy atom. The van der Waals surface area contributed by atoms with Crippen molar-refractivity contribution < 1.29 is 0 Å². The normalized spacial score (nSPS) is 12.2. The molecule has 0 spiro atoms. The van der Waals surface area contributed by atoms with E-state index in [2.05, 4.69) is 183 Å². The van der Waals surface area contributed by atoms with Crippen molar-refractivity contribution in [2.75, 3.05) is 0 Å². The number of benzene rings is 8. The molecule has 0 saturated carbocycles. The molecule has 0 N–H and O–H groups in total. The van der Waals surface area contributed by atoms with Gasteiger partial charge < -0.3 is 0 Å². The predicted molar refractivity (Wildman–Crippen MR) is 233 cm³/mol. The lowest BCUT2D eigenvalue weighted by Gasteiger charge is -2.22. The minimum atomic E-state index is 0.245. The molecule has 10 aromatic rings. The van der Waals surface area contributed by atoms with Crippen LogP contribution in [0.4, 0.5) is 0 Å². The van der Waals surface area contributed by atoms with Crippen LogP contribution in [0, 0.1) is 6.92 Å². The van der Waals surface area contributed by atoms with Crippen LogP contribution in [-0.4, -0.2) is 4.98 Å². The Morgan fingerprint density at radius 1 is 0.463 bits per heavy atom. The minimum Gasteiger partial charge on any atom is -0.256 e. The third-order valence-electron chi connectivity index (χ3n) is 11.2. The van der Waals surface area contributed by atoms with E-state index in [-0.39, 0.29) is 5.92 Å². The molecule has 0 fully saturated rings. The monoisotopic (exact) mass is 707 g/mol. The average Bonchev–Trinajstić information content (AvgIpc) is 3.62. The molecule has 2 heteroatoms. The molecule has 10 rings (SSSR count). The van der Waals surface area contributed by atoms with E-state index >= 15 is 0 Å². The number of nitrogens with zero attached hydrogens (tertiary/aromatic N) is 1. The highest BCUT2D eigenvalue weighted by atomic mass is 32.1. The quantitative estimate of drug-likeness (QED) is 0.157. The van der Waals surface area contributed by atoms with E-state index in [0.29, 0.717) is 0 Å². The number of thiophene rings is 1. The summed E-state index contributed by atoms with van der Waals surface area (Å²) in [7, 11) is 0. The Morgan fingerprint density at radius 2 is 1.09 bits per heavy atom. The van der Waals surface area contributed by atoms with Crippen molar-refractivity contribution in [2.45, 2.75) is 19.8 Å². The maximum Gasteiger partial charge on any atom is 0.0701 e. The maximum absolute atomic E-state index is 4.62. The van der Waals surface area contributed by atoms with Crippen LogP contribution in [0.3, 0.4) is 0 Å². The van der Waals surface area contributed by atoms with Crippen molar-refractivity contribution in [3.05, 3.63) is 199 Å². The number of hydrogen-bond acceptors (Lipinski definition) is 2. The summed E-state index contributed by atoms with van der Waals surface area (Å²) in [5.41, 5.74) is 13.6. The van der Waals surface area contributed by atoms with Gasteiger partial charge in [0.2, 0.25) is 0 Å². The smallest absolute Gasteiger partial charge is 0.0701 e. The van der Waals surface area contributed by atoms with E-state index in [1.54, 1.807) is 0 Å². The van der Waals surface area contributed by atoms with Gasteiger partial charge in [-0.05, 0) is 109 Å². The summed E-state index contributed by atoms with van der Waals surface area (Å²) in [4.78, 5) is 4.62. The summed E-state index contributed by atoms with van der Waals surface area (Å²) in [6.07, 6.45) is 1.86. The molecule has 256 valence electrons. The van der Waals surface area contributed by atoms with E-state index in [1.165, 1.54) is 91.8 Å². The standard InChI is InChI=1S/C52H37NS/c1-33-30-46-47(32-45(33)34(2)35-14-4-3-5-15-35)50(37-27-25-36(26-28-37)48-23-10-11-29-53-48)42-19-6-7-20-43(42)51(46)39-17-12-16-38(31-39)40-21-13-22-44-41-18-8-9-24-49(41)54-52(40)44/h3-32,34H,1-2H3. The molecule has 54 heavy (non-hydrogen) atoms. The molecule has 1 atom stereocenters. The lowest BCUT2D eigenvalue weighted by atomic mass is 9.81. The van der Waals surface area contributed by atoms with Gasteiger partial charge in [-0.3, -0.25) is 4.98 Å². The zero-order chi connectivity index (χ0) is 36.2. The Balaban J connectivity index is 1.23. The Kier molecular flexibility index (Phi) is 7.93. The SMILES string of the molecule is Cc1cc2c(-c3cccc(-c4cccc5c4sc4ccccc45)c3)c3ccccc3c(-c3ccc(-c4ccccn4)cc3)c2cc1C(C)c1ccccc1. The molecular weight excluding hydrogens is 671 g/mol. The van der Waals surface area contributed by atoms with Crippen LogP contribution in [0.5, 0.6) is 0 Å². The second-order valence-electron chi connectivity index (χ2n) is 14.3. The summed E-state index contributed by atoms with van der Waals surface area (Å²) in [6.45, 7) is 4.62. The van der Waals surface area contributed by atoms with Crippen molar-refractivity contribution in [3.63, 3.8) is 0 Å². The highest BCUT2D eigenvalue weighted by molar-refractivity contribution is 7.26. The summed E-state index contributed by atoms with van der Waals surface area (Å²) in [6, 6.07) is 64.6. The second-order valence-corrected chi connectivity index (χ2v) is 15.4. The third-order valence-corrected chi connectivity index (χ3v) is 12.4. The lowest BCUT2D eigenvalue weighted by molar-refractivity contribution is 0.913. The van der Waals surface area contributed by atoms with Gasteiger partial charge in [0.05, 0.1) is 5.69 Å². The molecule has 0 aliphatic rings. The van der Waals surface area contributed by atoms with Gasteiger partial charge >= 0.3 is 0 Å². The minimum absolute atomic E-state index is 0.245. The average molecular weight is 708 g/mol. The number of aryl methyl sites for hydroxylation is 1. The molecule has 8 aromatic carbocycles. The van der Waals surface area contributed by atoms with Gasteiger partial charge in [-0.15, -0.1) is 11.3 Å². The first-order valence-corrected chi connectivity index (χ1v) is 19.5. The highest BCUT2D eigenvalue weighted by Gasteiger charge is 2.21. The summed E-state index contributed by atoms with van der Waals surface area (Å²) < 4.78 is 2.67. The first-order chi connectivity index (χ1) is 26.6. The zero-order valence-electron chi connectivity index (χ0n) is 30.3. The van der Waals surface area contributed by atoms with Crippen LogP contribution >= 0.6 is 11.3 Å². The van der Waals surface area contributed by atoms with Crippen molar-refractivity contribution in [1.82, 2.24) is 4.98 Å². The number of rotatable bonds is 6. The molecule has 0 aliphatic carbocycles. The van der Waals surface area contributed by atoms with E-state index < -0.39 is 0 Å². The number of aromatic nitrogens is 1. The summed E-state index contributed by atoms with van der Waals surface area (Å²) in [5.74, 6) is 0.245. The van der Waals surface area contributed by atoms with Crippen LogP contribution < -0.4 is 0 Å². The van der Waals surface area contributed by atoms with Gasteiger partial charge in [0, 0.05) is 37.9 Å². The van der Waals surface area contributed by atoms with Crippen LogP contribution in [0.2, 0.25) is 0 Å². The molecule has 2 heterocycles. The Labute approximate surface area is 319 Å². The van der Waals surface area contributed by atoms with Gasteiger partial charge in [-0.1, -0.05) is 153 Å². The number of hydrogen-bond donors (Lipinski definition) is 0. The van der Waals surface area contributed by atoms with E-state index in [0.717, 1.165) is 11.3 Å². The van der Waals surface area contributed by atoms with Gasteiger partial charge in [0.15, 0.2) is 0 Å². The van der Waals surface area contributed by atoms with Crippen molar-refractivity contribution in [3.8, 4) is 44.6 Å². The van der Waals surface area contributed by atoms with Crippen LogP contribution in [0.15, 0.2) is 182 Å². The first kappa shape index (κ1) is 32.3. The van der Waals surface area contributed by atoms with E-state index in [9.17, 15) is 0 Å². The van der Waals surface area contributed by atoms with Crippen molar-refractivity contribution >= 4 is 53.1 Å². The first-order valence-electron chi connectivity index (χ1n) is 18.7. The van der Waals surface area contributed by atoms with Gasteiger partial charge in [-0.25, -0.2) is 0 Å². The highest BCUT2D eigenvalue weighted by Crippen LogP contribution is 2.47. The second kappa shape index (κ2) is 13.3. The molecule has 0 radical (unpaired) electrons. The van der Waals surface area contributed by atoms with Crippen LogP contribution in [0.1, 0.15) is 29.5 Å². The molecular formula is C52H37NS. The van der Waals surface area contributed by atoms with Crippen LogP contribution in [-0.2, 0) is 0 Å². The third kappa shape index (κ3) is 5.41. The molecule has 2 aromatic heterocycles. The lowest BCUT2D eigenvalue weighted by Crippen LogP contribution is -2.00.